The first-order chi connectivity index (χ1) is 15.9. The van der Waals surface area contributed by atoms with Crippen molar-refractivity contribution in [1.29, 1.82) is 0 Å². The van der Waals surface area contributed by atoms with E-state index in [1.165, 1.54) is 12.3 Å². The van der Waals surface area contributed by atoms with Gasteiger partial charge < -0.3 is 9.47 Å². The standard InChI is InChI=1S/C22H31N2O9P/c1-7-22(6)18-16(32-20(22)24-10-8-17(25)23-21(24)27)12-30-34(28,33-18)29-11-9-15(13(2)3)19(26)31-14(4)5/h1,8,10,13-16,18,20H,9,11-12H2,2-6H3,(H,23,25,27)/t15?,16-,18-,20-,22-,34+/m1/s1. The summed E-state index contributed by atoms with van der Waals surface area (Å²) in [5.74, 6) is 1.78. The highest BCUT2D eigenvalue weighted by atomic mass is 31.2. The molecular formula is C22H31N2O9P. The van der Waals surface area contributed by atoms with Gasteiger partial charge in [0.1, 0.15) is 17.6 Å². The number of nitrogens with zero attached hydrogens (tertiary/aromatic N) is 1. The fourth-order valence-corrected chi connectivity index (χ4v) is 5.55. The number of hydrogen-bond donors (Lipinski definition) is 1. The summed E-state index contributed by atoms with van der Waals surface area (Å²) in [6.45, 7) is 8.74. The Kier molecular flexibility index (Phi) is 7.90. The lowest BCUT2D eigenvalue weighted by Crippen LogP contribution is -2.43. The summed E-state index contributed by atoms with van der Waals surface area (Å²) in [7, 11) is -4.03. The zero-order valence-electron chi connectivity index (χ0n) is 19.9. The quantitative estimate of drug-likeness (QED) is 0.325. The Bertz CT molecular complexity index is 1100. The average molecular weight is 498 g/mol. The van der Waals surface area contributed by atoms with Gasteiger partial charge in [0.2, 0.25) is 0 Å². The average Bonchev–Trinajstić information content (AvgIpc) is 3.02. The van der Waals surface area contributed by atoms with Crippen LogP contribution in [0.3, 0.4) is 0 Å². The summed E-state index contributed by atoms with van der Waals surface area (Å²) in [6.07, 6.45) is 4.45. The van der Waals surface area contributed by atoms with Crippen LogP contribution in [-0.2, 0) is 32.4 Å². The third kappa shape index (κ3) is 5.37. The van der Waals surface area contributed by atoms with Crippen LogP contribution in [0.4, 0.5) is 0 Å². The Balaban J connectivity index is 1.72. The van der Waals surface area contributed by atoms with Crippen molar-refractivity contribution in [2.45, 2.75) is 65.6 Å². The molecule has 3 rings (SSSR count). The molecular weight excluding hydrogens is 467 g/mol. The van der Waals surface area contributed by atoms with Crippen LogP contribution >= 0.6 is 7.82 Å². The SMILES string of the molecule is C#C[C@]1(C)[C@@H]2O[P@@](=O)(OCCC(C(=O)OC(C)C)C(C)C)OC[C@H]2O[C@H]1n1ccc(=O)[nH]c1=O. The number of fused-ring (bicyclic) bond motifs is 1. The number of aromatic amines is 1. The van der Waals surface area contributed by atoms with Crippen molar-refractivity contribution in [3.05, 3.63) is 33.1 Å². The molecule has 6 atom stereocenters. The zero-order chi connectivity index (χ0) is 25.3. The first-order valence-corrected chi connectivity index (χ1v) is 12.6. The van der Waals surface area contributed by atoms with Crippen molar-refractivity contribution in [3.8, 4) is 12.3 Å². The van der Waals surface area contributed by atoms with E-state index >= 15 is 0 Å². The van der Waals surface area contributed by atoms with E-state index in [9.17, 15) is 18.9 Å². The molecule has 0 radical (unpaired) electrons. The van der Waals surface area contributed by atoms with Crippen LogP contribution in [0.5, 0.6) is 0 Å². The largest absolute Gasteiger partial charge is 0.475 e. The molecule has 0 spiro atoms. The molecule has 1 aromatic heterocycles. The lowest BCUT2D eigenvalue weighted by molar-refractivity contribution is -0.154. The molecule has 0 bridgehead atoms. The lowest BCUT2D eigenvalue weighted by atomic mass is 9.83. The Morgan fingerprint density at radius 3 is 2.68 bits per heavy atom. The van der Waals surface area contributed by atoms with E-state index in [1.807, 2.05) is 13.8 Å². The van der Waals surface area contributed by atoms with Crippen LogP contribution in [-0.4, -0.2) is 47.0 Å². The molecule has 34 heavy (non-hydrogen) atoms. The topological polar surface area (TPSA) is 135 Å². The van der Waals surface area contributed by atoms with Crippen molar-refractivity contribution in [1.82, 2.24) is 9.55 Å². The summed E-state index contributed by atoms with van der Waals surface area (Å²) in [5, 5.41) is 0. The molecule has 188 valence electrons. The molecule has 2 aliphatic rings. The van der Waals surface area contributed by atoms with E-state index in [1.54, 1.807) is 20.8 Å². The Labute approximate surface area is 197 Å². The van der Waals surface area contributed by atoms with Gasteiger partial charge in [0, 0.05) is 12.3 Å². The van der Waals surface area contributed by atoms with Gasteiger partial charge in [0.25, 0.3) is 5.56 Å². The lowest BCUT2D eigenvalue weighted by Gasteiger charge is -2.35. The summed E-state index contributed by atoms with van der Waals surface area (Å²) in [6, 6.07) is 1.17. The minimum absolute atomic E-state index is 0.0160. The van der Waals surface area contributed by atoms with Gasteiger partial charge in [-0.25, -0.2) is 9.36 Å². The summed E-state index contributed by atoms with van der Waals surface area (Å²) in [5.41, 5.74) is -2.49. The number of hydrogen-bond acceptors (Lipinski definition) is 9. The van der Waals surface area contributed by atoms with Crippen LogP contribution in [0.2, 0.25) is 0 Å². The molecule has 12 heteroatoms. The Morgan fingerprint density at radius 2 is 2.09 bits per heavy atom. The first-order valence-electron chi connectivity index (χ1n) is 11.1. The Morgan fingerprint density at radius 1 is 1.38 bits per heavy atom. The van der Waals surface area contributed by atoms with Gasteiger partial charge in [-0.1, -0.05) is 19.8 Å². The Hall–Kier alpha value is -2.22. The molecule has 1 N–H and O–H groups in total. The number of H-pyrrole nitrogens is 1. The number of ether oxygens (including phenoxy) is 2. The highest BCUT2D eigenvalue weighted by Gasteiger charge is 2.60. The zero-order valence-corrected chi connectivity index (χ0v) is 20.8. The predicted molar refractivity (Wildman–Crippen MR) is 121 cm³/mol. The monoisotopic (exact) mass is 498 g/mol. The predicted octanol–water partition coefficient (Wildman–Crippen LogP) is 2.23. The molecule has 0 saturated carbocycles. The van der Waals surface area contributed by atoms with Crippen LogP contribution in [0.25, 0.3) is 0 Å². The van der Waals surface area contributed by atoms with Crippen LogP contribution in [0, 0.1) is 29.6 Å². The molecule has 0 aromatic carbocycles. The van der Waals surface area contributed by atoms with Crippen molar-refractivity contribution >= 4 is 13.8 Å². The number of carbonyl (C=O) groups excluding carboxylic acids is 1. The van der Waals surface area contributed by atoms with Gasteiger partial charge in [-0.3, -0.25) is 32.7 Å². The third-order valence-corrected chi connectivity index (χ3v) is 7.39. The van der Waals surface area contributed by atoms with Crippen molar-refractivity contribution < 1.29 is 32.4 Å². The number of aromatic nitrogens is 2. The van der Waals surface area contributed by atoms with E-state index in [4.69, 9.17) is 29.5 Å². The van der Waals surface area contributed by atoms with Gasteiger partial charge in [0.15, 0.2) is 6.23 Å². The second kappa shape index (κ2) is 10.2. The van der Waals surface area contributed by atoms with Gasteiger partial charge in [-0.2, -0.15) is 0 Å². The molecule has 0 amide bonds. The van der Waals surface area contributed by atoms with Gasteiger partial charge in [-0.15, -0.1) is 6.42 Å². The van der Waals surface area contributed by atoms with Gasteiger partial charge >= 0.3 is 19.5 Å². The number of phosphoric ester groups is 1. The highest BCUT2D eigenvalue weighted by molar-refractivity contribution is 7.48. The summed E-state index contributed by atoms with van der Waals surface area (Å²) in [4.78, 5) is 38.3. The van der Waals surface area contributed by atoms with Gasteiger partial charge in [0.05, 0.1) is 25.2 Å². The highest BCUT2D eigenvalue weighted by Crippen LogP contribution is 2.60. The van der Waals surface area contributed by atoms with E-state index in [2.05, 4.69) is 10.9 Å². The maximum atomic E-state index is 13.2. The van der Waals surface area contributed by atoms with Gasteiger partial charge in [-0.05, 0) is 33.1 Å². The molecule has 3 heterocycles. The molecule has 1 aromatic rings. The summed E-state index contributed by atoms with van der Waals surface area (Å²) >= 11 is 0. The van der Waals surface area contributed by atoms with Crippen molar-refractivity contribution in [2.24, 2.45) is 17.3 Å². The molecule has 0 aliphatic carbocycles. The van der Waals surface area contributed by atoms with E-state index in [0.29, 0.717) is 0 Å². The normalized spacial score (nSPS) is 31.8. The molecule has 2 aliphatic heterocycles. The minimum atomic E-state index is -4.03. The number of terminal acetylenes is 1. The van der Waals surface area contributed by atoms with E-state index in [0.717, 1.165) is 4.57 Å². The first kappa shape index (κ1) is 26.4. The second-order valence-corrected chi connectivity index (χ2v) is 10.8. The van der Waals surface area contributed by atoms with Crippen LogP contribution < -0.4 is 11.2 Å². The molecule has 2 fully saturated rings. The second-order valence-electron chi connectivity index (χ2n) is 9.20. The third-order valence-electron chi connectivity index (χ3n) is 5.94. The van der Waals surface area contributed by atoms with E-state index < -0.39 is 48.8 Å². The van der Waals surface area contributed by atoms with Crippen molar-refractivity contribution in [3.63, 3.8) is 0 Å². The molecule has 1 unspecified atom stereocenters. The maximum absolute atomic E-state index is 13.2. The molecule has 11 nitrogen and oxygen atoms in total. The number of rotatable bonds is 8. The van der Waals surface area contributed by atoms with Crippen LogP contribution in [0.15, 0.2) is 21.9 Å². The number of esters is 1. The number of phosphoric acid groups is 1. The molecule has 2 saturated heterocycles. The fourth-order valence-electron chi connectivity index (χ4n) is 4.07. The number of carbonyl (C=O) groups is 1. The van der Waals surface area contributed by atoms with E-state index in [-0.39, 0.29) is 37.6 Å². The smallest absolute Gasteiger partial charge is 0.463 e. The van der Waals surface area contributed by atoms with Crippen LogP contribution in [0.1, 0.15) is 47.3 Å². The maximum Gasteiger partial charge on any atom is 0.475 e. The van der Waals surface area contributed by atoms with Crippen molar-refractivity contribution in [2.75, 3.05) is 13.2 Å². The minimum Gasteiger partial charge on any atom is -0.463 e. The summed E-state index contributed by atoms with van der Waals surface area (Å²) < 4.78 is 42.2. The fraction of sp³-hybridized carbons (Fsp3) is 0.682. The number of nitrogens with one attached hydrogen (secondary N) is 1.